The Kier molecular flexibility index (Phi) is 4.27. The van der Waals surface area contributed by atoms with Crippen LogP contribution in [0.15, 0.2) is 35.1 Å². The van der Waals surface area contributed by atoms with Crippen LogP contribution in [0.4, 0.5) is 0 Å². The molecule has 2 aromatic rings. The number of hydrogen-bond donors (Lipinski definition) is 0. The molecule has 2 fully saturated rings. The molecule has 0 radical (unpaired) electrons. The van der Waals surface area contributed by atoms with Crippen molar-refractivity contribution in [1.29, 1.82) is 0 Å². The number of piperidine rings is 1. The molecule has 142 valence electrons. The van der Waals surface area contributed by atoms with E-state index in [1.54, 1.807) is 0 Å². The Morgan fingerprint density at radius 3 is 2.63 bits per heavy atom. The van der Waals surface area contributed by atoms with Crippen LogP contribution in [0.25, 0.3) is 0 Å². The lowest BCUT2D eigenvalue weighted by Gasteiger charge is -2.40. The average Bonchev–Trinajstić information content (AvgIpc) is 3.27. The van der Waals surface area contributed by atoms with Gasteiger partial charge >= 0.3 is 0 Å². The highest BCUT2D eigenvalue weighted by atomic mass is 16.3. The van der Waals surface area contributed by atoms with E-state index >= 15 is 0 Å². The van der Waals surface area contributed by atoms with Gasteiger partial charge in [-0.25, -0.2) is 4.98 Å². The van der Waals surface area contributed by atoms with E-state index in [0.717, 1.165) is 57.4 Å². The first kappa shape index (κ1) is 17.0. The Labute approximate surface area is 160 Å². The molecule has 5 rings (SSSR count). The Morgan fingerprint density at radius 2 is 1.93 bits per heavy atom. The molecule has 0 N–H and O–H groups in total. The van der Waals surface area contributed by atoms with Crippen molar-refractivity contribution in [3.63, 3.8) is 0 Å². The van der Waals surface area contributed by atoms with Crippen molar-refractivity contribution in [2.75, 3.05) is 20.1 Å². The maximum absolute atomic E-state index is 13.0. The van der Waals surface area contributed by atoms with Crippen molar-refractivity contribution in [1.82, 2.24) is 14.8 Å². The quantitative estimate of drug-likeness (QED) is 0.834. The molecule has 27 heavy (non-hydrogen) atoms. The molecule has 1 aromatic heterocycles. The highest BCUT2D eigenvalue weighted by Crippen LogP contribution is 2.41. The third kappa shape index (κ3) is 3.18. The molecule has 0 bridgehead atoms. The number of oxazole rings is 1. The van der Waals surface area contributed by atoms with Crippen LogP contribution in [0.2, 0.25) is 0 Å². The first-order valence-electron chi connectivity index (χ1n) is 10.2. The highest BCUT2D eigenvalue weighted by Gasteiger charge is 2.36. The van der Waals surface area contributed by atoms with Crippen LogP contribution in [0.3, 0.4) is 0 Å². The van der Waals surface area contributed by atoms with Crippen LogP contribution in [0.1, 0.15) is 59.0 Å². The van der Waals surface area contributed by atoms with Gasteiger partial charge in [0.05, 0.1) is 0 Å². The number of amides is 1. The van der Waals surface area contributed by atoms with Crippen molar-refractivity contribution in [3.05, 3.63) is 53.2 Å². The summed E-state index contributed by atoms with van der Waals surface area (Å²) in [7, 11) is 1.94. The van der Waals surface area contributed by atoms with Gasteiger partial charge in [-0.05, 0) is 56.2 Å². The van der Waals surface area contributed by atoms with Gasteiger partial charge in [-0.2, -0.15) is 0 Å². The Hall–Kier alpha value is -2.14. The van der Waals surface area contributed by atoms with Gasteiger partial charge in [-0.3, -0.25) is 9.69 Å². The summed E-state index contributed by atoms with van der Waals surface area (Å²) < 4.78 is 5.52. The number of aromatic nitrogens is 1. The van der Waals surface area contributed by atoms with Gasteiger partial charge in [0.2, 0.25) is 0 Å². The van der Waals surface area contributed by atoms with E-state index < -0.39 is 0 Å². The monoisotopic (exact) mass is 365 g/mol. The molecule has 1 unspecified atom stereocenters. The number of likely N-dealkylation sites (tertiary alicyclic amines) is 1. The molecule has 2 aliphatic carbocycles. The fourth-order valence-electron chi connectivity index (χ4n) is 4.81. The highest BCUT2D eigenvalue weighted by molar-refractivity contribution is 5.93. The average molecular weight is 365 g/mol. The molecular formula is C22H27N3O2. The van der Waals surface area contributed by atoms with Crippen LogP contribution < -0.4 is 0 Å². The SMILES string of the molecule is CN(C(=O)c1ncoc1C1CC1)C1CCCN(C2Cc3ccccc3C2)C1. The molecule has 2 heterocycles. The van der Waals surface area contributed by atoms with E-state index in [9.17, 15) is 4.79 Å². The summed E-state index contributed by atoms with van der Waals surface area (Å²) >= 11 is 0. The molecule has 0 spiro atoms. The number of nitrogens with zero attached hydrogens (tertiary/aromatic N) is 3. The van der Waals surface area contributed by atoms with Gasteiger partial charge < -0.3 is 9.32 Å². The second-order valence-electron chi connectivity index (χ2n) is 8.38. The third-order valence-corrected chi connectivity index (χ3v) is 6.59. The van der Waals surface area contributed by atoms with Crippen molar-refractivity contribution < 1.29 is 9.21 Å². The van der Waals surface area contributed by atoms with E-state index in [4.69, 9.17) is 4.42 Å². The summed E-state index contributed by atoms with van der Waals surface area (Å²) in [4.78, 5) is 21.8. The summed E-state index contributed by atoms with van der Waals surface area (Å²) in [5.41, 5.74) is 3.52. The van der Waals surface area contributed by atoms with Crippen LogP contribution in [-0.2, 0) is 12.8 Å². The molecule has 1 aliphatic heterocycles. The number of rotatable bonds is 4. The third-order valence-electron chi connectivity index (χ3n) is 6.59. The fourth-order valence-corrected chi connectivity index (χ4v) is 4.81. The summed E-state index contributed by atoms with van der Waals surface area (Å²) in [5, 5.41) is 0. The number of fused-ring (bicyclic) bond motifs is 1. The molecule has 5 nitrogen and oxygen atoms in total. The van der Waals surface area contributed by atoms with Crippen molar-refractivity contribution in [3.8, 4) is 0 Å². The van der Waals surface area contributed by atoms with E-state index in [1.165, 1.54) is 17.5 Å². The Bertz CT molecular complexity index is 817. The predicted octanol–water partition coefficient (Wildman–Crippen LogP) is 3.26. The molecule has 1 aromatic carbocycles. The number of benzene rings is 1. The van der Waals surface area contributed by atoms with Crippen molar-refractivity contribution >= 4 is 5.91 Å². The lowest BCUT2D eigenvalue weighted by atomic mass is 10.0. The van der Waals surface area contributed by atoms with E-state index in [0.29, 0.717) is 17.7 Å². The zero-order valence-electron chi connectivity index (χ0n) is 15.9. The van der Waals surface area contributed by atoms with E-state index in [-0.39, 0.29) is 11.9 Å². The fraction of sp³-hybridized carbons (Fsp3) is 0.545. The van der Waals surface area contributed by atoms with Crippen molar-refractivity contribution in [2.45, 2.75) is 56.5 Å². The first-order chi connectivity index (χ1) is 13.2. The van der Waals surface area contributed by atoms with E-state index in [2.05, 4.69) is 34.1 Å². The minimum atomic E-state index is 0.0206. The summed E-state index contributed by atoms with van der Waals surface area (Å²) in [6.45, 7) is 2.09. The van der Waals surface area contributed by atoms with Crippen LogP contribution in [0, 0.1) is 0 Å². The minimum absolute atomic E-state index is 0.0206. The largest absolute Gasteiger partial charge is 0.447 e. The molecule has 1 amide bonds. The normalized spacial score (nSPS) is 23.4. The molecule has 1 saturated carbocycles. The maximum Gasteiger partial charge on any atom is 0.276 e. The van der Waals surface area contributed by atoms with Crippen LogP contribution in [-0.4, -0.2) is 52.9 Å². The molecular weight excluding hydrogens is 338 g/mol. The second kappa shape index (κ2) is 6.79. The second-order valence-corrected chi connectivity index (χ2v) is 8.38. The maximum atomic E-state index is 13.0. The molecule has 1 saturated heterocycles. The van der Waals surface area contributed by atoms with Crippen LogP contribution >= 0.6 is 0 Å². The topological polar surface area (TPSA) is 49.6 Å². The predicted molar refractivity (Wildman–Crippen MR) is 103 cm³/mol. The minimum Gasteiger partial charge on any atom is -0.447 e. The summed E-state index contributed by atoms with van der Waals surface area (Å²) in [6, 6.07) is 9.62. The van der Waals surface area contributed by atoms with Crippen molar-refractivity contribution in [2.24, 2.45) is 0 Å². The standard InChI is InChI=1S/C22H27N3O2/c1-24(22(26)20-21(15-8-9-15)27-14-23-20)18-7-4-10-25(13-18)19-11-16-5-2-3-6-17(16)12-19/h2-3,5-6,14-15,18-19H,4,7-13H2,1H3. The zero-order valence-corrected chi connectivity index (χ0v) is 15.9. The lowest BCUT2D eigenvalue weighted by molar-refractivity contribution is 0.0549. The first-order valence-corrected chi connectivity index (χ1v) is 10.2. The van der Waals surface area contributed by atoms with Gasteiger partial charge in [0.25, 0.3) is 5.91 Å². The number of carbonyl (C=O) groups is 1. The molecule has 5 heteroatoms. The van der Waals surface area contributed by atoms with Gasteiger partial charge in [0.1, 0.15) is 5.76 Å². The van der Waals surface area contributed by atoms with Crippen LogP contribution in [0.5, 0.6) is 0 Å². The van der Waals surface area contributed by atoms with E-state index in [1.807, 2.05) is 11.9 Å². The van der Waals surface area contributed by atoms with Gasteiger partial charge in [0.15, 0.2) is 12.1 Å². The summed E-state index contributed by atoms with van der Waals surface area (Å²) in [5.74, 6) is 1.22. The lowest BCUT2D eigenvalue weighted by Crippen LogP contribution is -2.52. The Balaban J connectivity index is 1.27. The number of carbonyl (C=O) groups excluding carboxylic acids is 1. The van der Waals surface area contributed by atoms with Gasteiger partial charge in [-0.1, -0.05) is 24.3 Å². The smallest absolute Gasteiger partial charge is 0.276 e. The summed E-state index contributed by atoms with van der Waals surface area (Å²) in [6.07, 6.45) is 8.12. The number of likely N-dealkylation sites (N-methyl/N-ethyl adjacent to an activating group) is 1. The molecule has 1 atom stereocenters. The van der Waals surface area contributed by atoms with Gasteiger partial charge in [-0.15, -0.1) is 0 Å². The molecule has 3 aliphatic rings. The Morgan fingerprint density at radius 1 is 1.19 bits per heavy atom. The number of hydrogen-bond acceptors (Lipinski definition) is 4. The zero-order chi connectivity index (χ0) is 18.4. The van der Waals surface area contributed by atoms with Gasteiger partial charge in [0, 0.05) is 31.6 Å².